The molecule has 3 heteroatoms. The highest BCUT2D eigenvalue weighted by Gasteiger charge is 2.07. The summed E-state index contributed by atoms with van der Waals surface area (Å²) in [5.74, 6) is 0.780. The van der Waals surface area contributed by atoms with Crippen LogP contribution in [0, 0.1) is 0 Å². The Bertz CT molecular complexity index is 328. The summed E-state index contributed by atoms with van der Waals surface area (Å²) in [6.45, 7) is 5.04. The van der Waals surface area contributed by atoms with Crippen LogP contribution in [0.1, 0.15) is 32.3 Å². The lowest BCUT2D eigenvalue weighted by Gasteiger charge is -2.15. The Morgan fingerprint density at radius 2 is 2.19 bits per heavy atom. The van der Waals surface area contributed by atoms with Crippen LogP contribution in [0.2, 0.25) is 5.02 Å². The smallest absolute Gasteiger partial charge is 0.138 e. The molecule has 0 fully saturated rings. The van der Waals surface area contributed by atoms with Crippen LogP contribution in [-0.4, -0.2) is 13.2 Å². The molecule has 90 valence electrons. The van der Waals surface area contributed by atoms with Crippen LogP contribution < -0.4 is 10.1 Å². The Hall–Kier alpha value is -0.730. The van der Waals surface area contributed by atoms with Gasteiger partial charge in [0.2, 0.25) is 0 Å². The van der Waals surface area contributed by atoms with Crippen molar-refractivity contribution in [3.8, 4) is 5.75 Å². The number of hydrogen-bond donors (Lipinski definition) is 1. The first-order valence-electron chi connectivity index (χ1n) is 5.77. The van der Waals surface area contributed by atoms with Crippen LogP contribution in [0.15, 0.2) is 18.2 Å². The molecule has 1 aromatic carbocycles. The fourth-order valence-electron chi connectivity index (χ4n) is 1.64. The number of ether oxygens (including phenoxy) is 1. The van der Waals surface area contributed by atoms with E-state index in [1.54, 1.807) is 0 Å². The molecule has 16 heavy (non-hydrogen) atoms. The van der Waals surface area contributed by atoms with Crippen molar-refractivity contribution in [3.63, 3.8) is 0 Å². The number of rotatable bonds is 6. The molecule has 0 aromatic heterocycles. The number of nitrogens with one attached hydrogen (secondary N) is 1. The second kappa shape index (κ2) is 6.77. The molecule has 1 N–H and O–H groups in total. The topological polar surface area (TPSA) is 21.3 Å². The van der Waals surface area contributed by atoms with Crippen molar-refractivity contribution >= 4 is 11.6 Å². The Kier molecular flexibility index (Phi) is 5.64. The molecular weight excluding hydrogens is 222 g/mol. The van der Waals surface area contributed by atoms with Crippen LogP contribution in [-0.2, 0) is 6.54 Å². The van der Waals surface area contributed by atoms with E-state index >= 15 is 0 Å². The maximum absolute atomic E-state index is 6.16. The van der Waals surface area contributed by atoms with E-state index in [0.717, 1.165) is 25.1 Å². The molecule has 1 rings (SSSR count). The Morgan fingerprint density at radius 3 is 2.75 bits per heavy atom. The zero-order valence-corrected chi connectivity index (χ0v) is 11.0. The summed E-state index contributed by atoms with van der Waals surface area (Å²) in [4.78, 5) is 0. The van der Waals surface area contributed by atoms with Gasteiger partial charge in [0.05, 0.1) is 11.1 Å². The van der Waals surface area contributed by atoms with Crippen molar-refractivity contribution in [2.24, 2.45) is 0 Å². The highest BCUT2D eigenvalue weighted by Crippen LogP contribution is 2.27. The highest BCUT2D eigenvalue weighted by atomic mass is 35.5. The van der Waals surface area contributed by atoms with Crippen LogP contribution in [0.4, 0.5) is 0 Å². The van der Waals surface area contributed by atoms with E-state index in [1.165, 1.54) is 5.56 Å². The van der Waals surface area contributed by atoms with Crippen molar-refractivity contribution < 1.29 is 4.74 Å². The Balaban J connectivity index is 2.67. The minimum absolute atomic E-state index is 0.220. The summed E-state index contributed by atoms with van der Waals surface area (Å²) in [5, 5.41) is 3.78. The zero-order chi connectivity index (χ0) is 12.0. The lowest BCUT2D eigenvalue weighted by Crippen LogP contribution is -2.11. The summed E-state index contributed by atoms with van der Waals surface area (Å²) < 4.78 is 5.77. The molecule has 2 nitrogen and oxygen atoms in total. The largest absolute Gasteiger partial charge is 0.489 e. The van der Waals surface area contributed by atoms with Gasteiger partial charge in [0, 0.05) is 6.54 Å². The van der Waals surface area contributed by atoms with Crippen molar-refractivity contribution in [2.75, 3.05) is 7.05 Å². The fraction of sp³-hybridized carbons (Fsp3) is 0.538. The zero-order valence-electron chi connectivity index (χ0n) is 10.2. The van der Waals surface area contributed by atoms with Crippen molar-refractivity contribution in [2.45, 2.75) is 39.3 Å². The molecule has 0 aliphatic rings. The van der Waals surface area contributed by atoms with Gasteiger partial charge in [-0.1, -0.05) is 31.0 Å². The van der Waals surface area contributed by atoms with Gasteiger partial charge in [-0.25, -0.2) is 0 Å². The van der Waals surface area contributed by atoms with Crippen molar-refractivity contribution in [1.82, 2.24) is 5.32 Å². The van der Waals surface area contributed by atoms with Gasteiger partial charge in [-0.05, 0) is 38.1 Å². The van der Waals surface area contributed by atoms with Crippen LogP contribution >= 0.6 is 11.6 Å². The summed E-state index contributed by atoms with van der Waals surface area (Å²) >= 11 is 6.16. The first-order valence-corrected chi connectivity index (χ1v) is 6.14. The number of benzene rings is 1. The number of hydrogen-bond acceptors (Lipinski definition) is 2. The molecule has 0 saturated heterocycles. The molecule has 1 aromatic rings. The monoisotopic (exact) mass is 241 g/mol. The van der Waals surface area contributed by atoms with E-state index < -0.39 is 0 Å². The minimum Gasteiger partial charge on any atom is -0.489 e. The van der Waals surface area contributed by atoms with E-state index in [2.05, 4.69) is 19.2 Å². The fourth-order valence-corrected chi connectivity index (χ4v) is 1.88. The molecule has 1 atom stereocenters. The highest BCUT2D eigenvalue weighted by molar-refractivity contribution is 6.32. The molecule has 0 radical (unpaired) electrons. The van der Waals surface area contributed by atoms with Gasteiger partial charge in [0.15, 0.2) is 0 Å². The summed E-state index contributed by atoms with van der Waals surface area (Å²) in [6.07, 6.45) is 2.39. The second-order valence-corrected chi connectivity index (χ2v) is 4.42. The van der Waals surface area contributed by atoms with Crippen LogP contribution in [0.3, 0.4) is 0 Å². The standard InChI is InChI=1S/C13H20ClNO/c1-4-5-10(2)16-13-7-6-11(9-15-3)8-12(13)14/h6-8,10,15H,4-5,9H2,1-3H3. The molecule has 1 unspecified atom stereocenters. The van der Waals surface area contributed by atoms with Gasteiger partial charge in [-0.15, -0.1) is 0 Å². The Morgan fingerprint density at radius 1 is 1.44 bits per heavy atom. The third kappa shape index (κ3) is 4.03. The first-order chi connectivity index (χ1) is 7.67. The average Bonchev–Trinajstić information content (AvgIpc) is 2.23. The van der Waals surface area contributed by atoms with Crippen LogP contribution in [0.5, 0.6) is 5.75 Å². The van der Waals surface area contributed by atoms with Crippen LogP contribution in [0.25, 0.3) is 0 Å². The molecule has 0 amide bonds. The lowest BCUT2D eigenvalue weighted by atomic mass is 10.2. The predicted molar refractivity (Wildman–Crippen MR) is 69.2 cm³/mol. The van der Waals surface area contributed by atoms with Gasteiger partial charge in [-0.2, -0.15) is 0 Å². The first kappa shape index (κ1) is 13.3. The van der Waals surface area contributed by atoms with E-state index in [0.29, 0.717) is 5.02 Å². The quantitative estimate of drug-likeness (QED) is 0.821. The maximum atomic E-state index is 6.16. The minimum atomic E-state index is 0.220. The lowest BCUT2D eigenvalue weighted by molar-refractivity contribution is 0.210. The SMILES string of the molecule is CCCC(C)Oc1ccc(CNC)cc1Cl. The summed E-state index contributed by atoms with van der Waals surface area (Å²) in [7, 11) is 1.92. The van der Waals surface area contributed by atoms with Crippen molar-refractivity contribution in [3.05, 3.63) is 28.8 Å². The number of halogens is 1. The predicted octanol–water partition coefficient (Wildman–Crippen LogP) is 3.63. The molecule has 0 aliphatic heterocycles. The second-order valence-electron chi connectivity index (χ2n) is 4.01. The molecule has 0 heterocycles. The summed E-state index contributed by atoms with van der Waals surface area (Å²) in [6, 6.07) is 5.93. The molecular formula is C13H20ClNO. The maximum Gasteiger partial charge on any atom is 0.138 e. The van der Waals surface area contributed by atoms with Gasteiger partial charge in [0.1, 0.15) is 5.75 Å². The molecule has 0 spiro atoms. The normalized spacial score (nSPS) is 12.5. The molecule has 0 aliphatic carbocycles. The molecule has 0 bridgehead atoms. The molecule has 0 saturated carbocycles. The Labute approximate surface area is 103 Å². The average molecular weight is 242 g/mol. The third-order valence-corrected chi connectivity index (χ3v) is 2.70. The van der Waals surface area contributed by atoms with Gasteiger partial charge in [0.25, 0.3) is 0 Å². The third-order valence-electron chi connectivity index (χ3n) is 2.40. The van der Waals surface area contributed by atoms with Crippen molar-refractivity contribution in [1.29, 1.82) is 0 Å². The van der Waals surface area contributed by atoms with Gasteiger partial charge in [-0.3, -0.25) is 0 Å². The van der Waals surface area contributed by atoms with E-state index in [1.807, 2.05) is 25.2 Å². The van der Waals surface area contributed by atoms with Gasteiger partial charge < -0.3 is 10.1 Å². The van der Waals surface area contributed by atoms with E-state index in [-0.39, 0.29) is 6.10 Å². The van der Waals surface area contributed by atoms with E-state index in [9.17, 15) is 0 Å². The van der Waals surface area contributed by atoms with E-state index in [4.69, 9.17) is 16.3 Å². The summed E-state index contributed by atoms with van der Waals surface area (Å²) in [5.41, 5.74) is 1.17. The van der Waals surface area contributed by atoms with Gasteiger partial charge >= 0.3 is 0 Å².